The Bertz CT molecular complexity index is 2070. The molecular formula is C40H46F5N7O10. The monoisotopic (exact) mass is 879 g/mol. The molecule has 3 aliphatic rings. The van der Waals surface area contributed by atoms with Crippen LogP contribution in [0.1, 0.15) is 45.6 Å². The number of hydrogen-bond acceptors (Lipinski definition) is 10. The first-order valence-electron chi connectivity index (χ1n) is 19.5. The number of aliphatic hydroxyl groups is 1. The summed E-state index contributed by atoms with van der Waals surface area (Å²) >= 11 is 0. The molecule has 5 N–H and O–H groups in total. The van der Waals surface area contributed by atoms with E-state index in [9.17, 15) is 60.6 Å². The minimum absolute atomic E-state index is 0.0542. The van der Waals surface area contributed by atoms with Crippen molar-refractivity contribution in [3.63, 3.8) is 0 Å². The van der Waals surface area contributed by atoms with Crippen molar-refractivity contribution in [2.24, 2.45) is 5.92 Å². The normalized spacial score (nSPS) is 25.6. The van der Waals surface area contributed by atoms with Gasteiger partial charge in [-0.1, -0.05) is 13.5 Å². The maximum atomic E-state index is 14.6. The Morgan fingerprint density at radius 1 is 0.968 bits per heavy atom. The number of alkyl halides is 3. The molecule has 3 fully saturated rings. The topological polar surface area (TPSA) is 216 Å². The molecule has 22 heteroatoms. The summed E-state index contributed by atoms with van der Waals surface area (Å²) in [5.74, 6) is -9.23. The molecule has 2 aromatic carbocycles. The predicted octanol–water partition coefficient (Wildman–Crippen LogP) is 2.66. The summed E-state index contributed by atoms with van der Waals surface area (Å²) in [5, 5.41) is 20.1. The predicted molar refractivity (Wildman–Crippen MR) is 207 cm³/mol. The minimum Gasteiger partial charge on any atom is -0.510 e. The Balaban J connectivity index is 1.49. The second-order valence-electron chi connectivity index (χ2n) is 15.4. The molecule has 0 unspecified atom stereocenters. The average molecular weight is 880 g/mol. The van der Waals surface area contributed by atoms with Crippen LogP contribution in [-0.2, 0) is 39.9 Å². The van der Waals surface area contributed by atoms with Crippen LogP contribution in [0.25, 0.3) is 0 Å². The fourth-order valence-corrected chi connectivity index (χ4v) is 7.70. The third kappa shape index (κ3) is 11.3. The molecular weight excluding hydrogens is 833 g/mol. The van der Waals surface area contributed by atoms with Gasteiger partial charge < -0.3 is 50.5 Å². The fourth-order valence-electron chi connectivity index (χ4n) is 7.70. The molecule has 2 aromatic rings. The minimum atomic E-state index is -4.99. The van der Waals surface area contributed by atoms with Gasteiger partial charge in [-0.15, -0.1) is 13.2 Å². The molecule has 0 spiro atoms. The van der Waals surface area contributed by atoms with Gasteiger partial charge in [0.05, 0.1) is 0 Å². The lowest BCUT2D eigenvalue weighted by Crippen LogP contribution is -2.62. The highest BCUT2D eigenvalue weighted by molar-refractivity contribution is 5.99. The van der Waals surface area contributed by atoms with Gasteiger partial charge in [0.15, 0.2) is 6.04 Å². The number of carbonyl (C=O) groups excluding carboxylic acids is 7. The second-order valence-corrected chi connectivity index (χ2v) is 15.4. The molecule has 0 radical (unpaired) electrons. The first kappa shape index (κ1) is 46.6. The lowest BCUT2D eigenvalue weighted by molar-refractivity contribution is -0.274. The van der Waals surface area contributed by atoms with Crippen LogP contribution in [0.4, 0.5) is 32.4 Å². The van der Waals surface area contributed by atoms with Crippen molar-refractivity contribution >= 4 is 47.2 Å². The van der Waals surface area contributed by atoms with E-state index in [1.807, 2.05) is 0 Å². The van der Waals surface area contributed by atoms with Gasteiger partial charge in [0, 0.05) is 38.3 Å². The number of likely N-dealkylation sites (N-methyl/N-ethyl adjacent to an activating group) is 1. The third-order valence-corrected chi connectivity index (χ3v) is 10.6. The summed E-state index contributed by atoms with van der Waals surface area (Å²) in [4.78, 5) is 100. The number of anilines is 1. The SMILES string of the molecule is C=C(O)[C@H]1C(=O)N[C@@H](C)C(=O)N2C[C@@H](C)C[C@H]2C(=O)O[C@@H](C)[C@H](NC(=O)[C@H](Cc2cc(F)cc(F)c2)NC(=O)Nc2ccc(OC(F)(F)F)cc2)C(=O)N2CCC[C@H]2C(=O)N1C. The van der Waals surface area contributed by atoms with Gasteiger partial charge in [-0.3, -0.25) is 24.0 Å². The zero-order valence-electron chi connectivity index (χ0n) is 34.0. The third-order valence-electron chi connectivity index (χ3n) is 10.6. The lowest BCUT2D eigenvalue weighted by Gasteiger charge is -2.36. The number of urea groups is 1. The van der Waals surface area contributed by atoms with E-state index < -0.39 is 120 Å². The maximum absolute atomic E-state index is 14.6. The number of carbonyl (C=O) groups is 7. The summed E-state index contributed by atoms with van der Waals surface area (Å²) in [7, 11) is 1.19. The number of nitrogens with zero attached hydrogens (tertiary/aromatic N) is 3. The lowest BCUT2D eigenvalue weighted by atomic mass is 10.0. The van der Waals surface area contributed by atoms with Gasteiger partial charge in [0.2, 0.25) is 23.6 Å². The average Bonchev–Trinajstić information content (AvgIpc) is 3.82. The first-order valence-corrected chi connectivity index (χ1v) is 19.5. The number of ether oxygens (including phenoxy) is 2. The van der Waals surface area contributed by atoms with Crippen molar-refractivity contribution in [2.75, 3.05) is 25.5 Å². The van der Waals surface area contributed by atoms with E-state index in [1.165, 1.54) is 25.8 Å². The smallest absolute Gasteiger partial charge is 0.510 e. The van der Waals surface area contributed by atoms with Gasteiger partial charge in [-0.25, -0.2) is 18.4 Å². The van der Waals surface area contributed by atoms with Crippen LogP contribution in [0.2, 0.25) is 0 Å². The van der Waals surface area contributed by atoms with Crippen molar-refractivity contribution in [1.29, 1.82) is 0 Å². The standard InChI is InChI=1S/C40H46F5N7O10/c1-19-13-30-38(59)61-22(4)31(37(58)51-12-6-7-29(51)36(57)50(5)32(21(3)53)34(55)46-20(2)35(56)52(30)18-19)49-33(54)28(16-23-14-24(41)17-25(42)15-23)48-39(60)47-26-8-10-27(11-9-26)62-40(43,44)45/h8-11,14-15,17,19-20,22,28-32,53H,3,6-7,12-13,16,18H2,1-2,4-5H3,(H,46,55)(H,49,54)(H2,47,48,60)/t19-,20-,22-,28-,29-,30-,31-,32-/m0/s1. The zero-order valence-corrected chi connectivity index (χ0v) is 34.0. The zero-order chi connectivity index (χ0) is 45.8. The molecule has 8 atom stereocenters. The molecule has 336 valence electrons. The highest BCUT2D eigenvalue weighted by Crippen LogP contribution is 2.28. The Labute approximate surface area is 351 Å². The molecule has 0 aliphatic carbocycles. The first-order chi connectivity index (χ1) is 29.0. The van der Waals surface area contributed by atoms with E-state index in [2.05, 4.69) is 32.6 Å². The van der Waals surface area contributed by atoms with Gasteiger partial charge in [0.25, 0.3) is 5.91 Å². The number of cyclic esters (lactones) is 1. The van der Waals surface area contributed by atoms with Crippen LogP contribution in [-0.4, -0.2) is 130 Å². The maximum Gasteiger partial charge on any atom is 0.573 e. The van der Waals surface area contributed by atoms with E-state index in [1.54, 1.807) is 6.92 Å². The largest absolute Gasteiger partial charge is 0.573 e. The van der Waals surface area contributed by atoms with E-state index in [-0.39, 0.29) is 49.5 Å². The highest BCUT2D eigenvalue weighted by atomic mass is 19.4. The highest BCUT2D eigenvalue weighted by Gasteiger charge is 2.47. The summed E-state index contributed by atoms with van der Waals surface area (Å²) in [5.41, 5.74) is -0.198. The number of amides is 7. The Morgan fingerprint density at radius 3 is 2.23 bits per heavy atom. The molecule has 3 heterocycles. The molecule has 17 nitrogen and oxygen atoms in total. The van der Waals surface area contributed by atoms with E-state index in [0.29, 0.717) is 6.07 Å². The number of halogens is 5. The molecule has 0 bridgehead atoms. The molecule has 62 heavy (non-hydrogen) atoms. The number of hydrogen-bond donors (Lipinski definition) is 5. The van der Waals surface area contributed by atoms with Crippen molar-refractivity contribution in [3.05, 3.63) is 72.0 Å². The van der Waals surface area contributed by atoms with Crippen LogP contribution in [0.15, 0.2) is 54.8 Å². The van der Waals surface area contributed by atoms with Crippen molar-refractivity contribution in [1.82, 2.24) is 30.7 Å². The summed E-state index contributed by atoms with van der Waals surface area (Å²) in [6.07, 6.45) is -6.69. The number of aliphatic hydroxyl groups excluding tert-OH is 1. The summed E-state index contributed by atoms with van der Waals surface area (Å²) in [6, 6.07) is -3.91. The molecule has 0 aromatic heterocycles. The van der Waals surface area contributed by atoms with Gasteiger partial charge >= 0.3 is 18.4 Å². The number of benzene rings is 2. The van der Waals surface area contributed by atoms with Crippen LogP contribution in [0.3, 0.4) is 0 Å². The van der Waals surface area contributed by atoms with Crippen molar-refractivity contribution < 1.29 is 70.1 Å². The van der Waals surface area contributed by atoms with Crippen LogP contribution in [0, 0.1) is 17.6 Å². The number of nitrogens with one attached hydrogen (secondary N) is 4. The van der Waals surface area contributed by atoms with Gasteiger partial charge in [0.1, 0.15) is 59.5 Å². The summed E-state index contributed by atoms with van der Waals surface area (Å²) in [6.45, 7) is 7.82. The number of esters is 1. The molecule has 3 aliphatic heterocycles. The quantitative estimate of drug-likeness (QED) is 0.149. The molecule has 0 saturated carbocycles. The Kier molecular flexibility index (Phi) is 14.3. The van der Waals surface area contributed by atoms with E-state index >= 15 is 0 Å². The second kappa shape index (κ2) is 19.1. The summed E-state index contributed by atoms with van der Waals surface area (Å²) < 4.78 is 76.2. The fraction of sp³-hybridized carbons (Fsp3) is 0.475. The van der Waals surface area contributed by atoms with E-state index in [4.69, 9.17) is 4.74 Å². The van der Waals surface area contributed by atoms with Crippen molar-refractivity contribution in [3.8, 4) is 5.75 Å². The van der Waals surface area contributed by atoms with Gasteiger partial charge in [-0.2, -0.15) is 0 Å². The van der Waals surface area contributed by atoms with Crippen molar-refractivity contribution in [2.45, 2.75) is 95.2 Å². The molecule has 5 rings (SSSR count). The van der Waals surface area contributed by atoms with Gasteiger partial charge in [-0.05, 0) is 81.0 Å². The van der Waals surface area contributed by atoms with Crippen LogP contribution in [0.5, 0.6) is 5.75 Å². The number of fused-ring (bicyclic) bond motifs is 2. The van der Waals surface area contributed by atoms with Crippen LogP contribution < -0.4 is 26.0 Å². The Hall–Kier alpha value is -6.48. The Morgan fingerprint density at radius 2 is 1.61 bits per heavy atom. The van der Waals surface area contributed by atoms with Crippen LogP contribution >= 0.6 is 0 Å². The number of rotatable bonds is 8. The molecule has 7 amide bonds. The molecule has 3 saturated heterocycles. The van der Waals surface area contributed by atoms with E-state index in [0.717, 1.165) is 46.2 Å².